The van der Waals surface area contributed by atoms with E-state index in [1.165, 1.54) is 27.8 Å². The molecule has 6 aromatic rings. The number of fused-ring (bicyclic) bond motifs is 4. The average molecular weight is 671 g/mol. The number of allylic oxidation sites excluding steroid dienone is 5. The smallest absolute Gasteiger partial charge is 0.138 e. The summed E-state index contributed by atoms with van der Waals surface area (Å²) in [6.45, 7) is 4.57. The van der Waals surface area contributed by atoms with E-state index in [0.717, 1.165) is 28.4 Å². The first-order valence-corrected chi connectivity index (χ1v) is 17.1. The Kier molecular flexibility index (Phi) is 7.51. The largest absolute Gasteiger partial charge is 0.192 e. The van der Waals surface area contributed by atoms with E-state index in [1.807, 2.05) is 54.6 Å². The van der Waals surface area contributed by atoms with Crippen molar-refractivity contribution in [1.29, 1.82) is 21.0 Å². The second-order valence-corrected chi connectivity index (χ2v) is 13.6. The summed E-state index contributed by atoms with van der Waals surface area (Å²) in [5, 5.41) is 39.9. The molecular weight excluding hydrogens is 645 g/mol. The molecule has 0 bridgehead atoms. The second-order valence-electron chi connectivity index (χ2n) is 13.1. The van der Waals surface area contributed by atoms with E-state index in [2.05, 4.69) is 86.6 Å². The van der Waals surface area contributed by atoms with E-state index in [0.29, 0.717) is 38.9 Å². The molecule has 0 fully saturated rings. The maximum Gasteiger partial charge on any atom is 0.138 e. The fourth-order valence-corrected chi connectivity index (χ4v) is 8.41. The number of benzene rings is 5. The van der Waals surface area contributed by atoms with Crippen LogP contribution in [-0.4, -0.2) is 8.75 Å². The number of nitriles is 4. The van der Waals surface area contributed by atoms with E-state index in [-0.39, 0.29) is 22.5 Å². The first kappa shape index (κ1) is 31.4. The van der Waals surface area contributed by atoms with Gasteiger partial charge in [-0.1, -0.05) is 117 Å². The quantitative estimate of drug-likeness (QED) is 0.173. The molecule has 238 valence electrons. The first-order valence-electron chi connectivity index (χ1n) is 16.4. The summed E-state index contributed by atoms with van der Waals surface area (Å²) < 4.78 is 9.47. The van der Waals surface area contributed by atoms with Crippen molar-refractivity contribution in [3.63, 3.8) is 0 Å². The molecule has 2 aliphatic rings. The van der Waals surface area contributed by atoms with Crippen LogP contribution < -0.4 is 0 Å². The van der Waals surface area contributed by atoms with Gasteiger partial charge in [-0.05, 0) is 62.2 Å². The molecule has 1 heterocycles. The Bertz CT molecular complexity index is 2610. The van der Waals surface area contributed by atoms with Gasteiger partial charge in [0.15, 0.2) is 0 Å². The third-order valence-electron chi connectivity index (χ3n) is 10.1. The molecule has 2 aliphatic carbocycles. The van der Waals surface area contributed by atoms with Crippen LogP contribution in [0.5, 0.6) is 0 Å². The molecule has 0 N–H and O–H groups in total. The minimum atomic E-state index is -0.252. The summed E-state index contributed by atoms with van der Waals surface area (Å²) in [4.78, 5) is 0. The standard InChI is InChI=1S/C44H26N6S/c1-44(2)37-15-9-8-14-34(37)39(26-10-4-3-5-11-26)35-19-16-27(21-38(35)44)31-18-17-28(42-43(31)50-51-49-42)20-36-40(29(22-45)23-46)32-12-6-7-13-33(32)41(36)30(24-47)25-48/h3-21,39H,1-2H3. The Morgan fingerprint density at radius 2 is 1.22 bits per heavy atom. The lowest BCUT2D eigenvalue weighted by molar-refractivity contribution is 0.598. The fraction of sp³-hybridized carbons (Fsp3) is 0.0909. The second kappa shape index (κ2) is 12.2. The highest BCUT2D eigenvalue weighted by Gasteiger charge is 2.38. The van der Waals surface area contributed by atoms with Gasteiger partial charge in [0.1, 0.15) is 46.5 Å². The van der Waals surface area contributed by atoms with Gasteiger partial charge in [-0.15, -0.1) is 0 Å². The third-order valence-corrected chi connectivity index (χ3v) is 10.7. The number of hydrogen-bond donors (Lipinski definition) is 0. The van der Waals surface area contributed by atoms with Gasteiger partial charge >= 0.3 is 0 Å². The molecule has 7 heteroatoms. The minimum Gasteiger partial charge on any atom is -0.192 e. The van der Waals surface area contributed by atoms with Gasteiger partial charge in [-0.25, -0.2) is 0 Å². The van der Waals surface area contributed by atoms with Crippen molar-refractivity contribution in [1.82, 2.24) is 8.75 Å². The molecule has 0 aliphatic heterocycles. The van der Waals surface area contributed by atoms with Crippen LogP contribution in [0, 0.1) is 45.3 Å². The number of aromatic nitrogens is 2. The van der Waals surface area contributed by atoms with Crippen LogP contribution in [0.3, 0.4) is 0 Å². The lowest BCUT2D eigenvalue weighted by atomic mass is 9.63. The Balaban J connectivity index is 1.32. The summed E-state index contributed by atoms with van der Waals surface area (Å²) in [5.41, 5.74) is 12.4. The number of hydrogen-bond acceptors (Lipinski definition) is 7. The van der Waals surface area contributed by atoms with Crippen LogP contribution in [0.1, 0.15) is 64.3 Å². The average Bonchev–Trinajstić information content (AvgIpc) is 3.78. The van der Waals surface area contributed by atoms with Gasteiger partial charge in [-0.2, -0.15) is 29.8 Å². The van der Waals surface area contributed by atoms with Crippen molar-refractivity contribution in [3.05, 3.63) is 170 Å². The van der Waals surface area contributed by atoms with Crippen molar-refractivity contribution in [2.24, 2.45) is 0 Å². The first-order chi connectivity index (χ1) is 24.9. The molecule has 0 saturated heterocycles. The number of nitrogens with zero attached hydrogens (tertiary/aromatic N) is 6. The lowest BCUT2D eigenvalue weighted by Gasteiger charge is -2.40. The van der Waals surface area contributed by atoms with Crippen LogP contribution >= 0.6 is 11.7 Å². The summed E-state index contributed by atoms with van der Waals surface area (Å²) in [6, 6.07) is 45.4. The van der Waals surface area contributed by atoms with Crippen LogP contribution in [0.4, 0.5) is 0 Å². The summed E-state index contributed by atoms with van der Waals surface area (Å²) in [6.07, 6.45) is 1.82. The van der Waals surface area contributed by atoms with Crippen molar-refractivity contribution in [2.45, 2.75) is 25.2 Å². The highest BCUT2D eigenvalue weighted by Crippen LogP contribution is 2.51. The molecule has 0 saturated carbocycles. The lowest BCUT2D eigenvalue weighted by Crippen LogP contribution is -2.29. The molecule has 6 nitrogen and oxygen atoms in total. The van der Waals surface area contributed by atoms with Crippen LogP contribution in [0.25, 0.3) is 39.4 Å². The van der Waals surface area contributed by atoms with Crippen LogP contribution in [0.15, 0.2) is 126 Å². The zero-order chi connectivity index (χ0) is 35.3. The monoisotopic (exact) mass is 670 g/mol. The molecule has 1 atom stereocenters. The zero-order valence-electron chi connectivity index (χ0n) is 27.6. The van der Waals surface area contributed by atoms with Gasteiger partial charge in [-0.3, -0.25) is 0 Å². The normalized spacial score (nSPS) is 15.0. The van der Waals surface area contributed by atoms with Crippen molar-refractivity contribution < 1.29 is 0 Å². The van der Waals surface area contributed by atoms with Crippen LogP contribution in [0.2, 0.25) is 0 Å². The molecule has 1 unspecified atom stereocenters. The topological polar surface area (TPSA) is 121 Å². The molecule has 0 spiro atoms. The van der Waals surface area contributed by atoms with E-state index >= 15 is 0 Å². The maximum absolute atomic E-state index is 9.97. The Labute approximate surface area is 299 Å². The highest BCUT2D eigenvalue weighted by molar-refractivity contribution is 7.00. The predicted molar refractivity (Wildman–Crippen MR) is 200 cm³/mol. The van der Waals surface area contributed by atoms with E-state index < -0.39 is 0 Å². The molecule has 0 amide bonds. The van der Waals surface area contributed by atoms with Crippen molar-refractivity contribution >= 4 is 40.0 Å². The summed E-state index contributed by atoms with van der Waals surface area (Å²) in [5.74, 6) is 0.105. The minimum absolute atomic E-state index is 0.102. The highest BCUT2D eigenvalue weighted by atomic mass is 32.1. The summed E-state index contributed by atoms with van der Waals surface area (Å²) in [7, 11) is 0. The van der Waals surface area contributed by atoms with E-state index in [9.17, 15) is 21.0 Å². The summed E-state index contributed by atoms with van der Waals surface area (Å²) >= 11 is 1.11. The molecule has 8 rings (SSSR count). The van der Waals surface area contributed by atoms with Gasteiger partial charge < -0.3 is 0 Å². The molecule has 51 heavy (non-hydrogen) atoms. The zero-order valence-corrected chi connectivity index (χ0v) is 28.5. The maximum atomic E-state index is 9.97. The Morgan fingerprint density at radius 3 is 1.88 bits per heavy atom. The Hall–Kier alpha value is -6.90. The molecule has 1 aromatic heterocycles. The molecular formula is C44H26N6S. The SMILES string of the molecule is CC1(C)c2ccccc2C(c2ccccc2)c2ccc(-c3ccc(C=C4C(=C(C#N)C#N)c5ccccc5C4=C(C#N)C#N)c4nsnc34)cc21. The molecule has 0 radical (unpaired) electrons. The fourth-order valence-electron chi connectivity index (χ4n) is 7.83. The Morgan fingerprint density at radius 1 is 0.627 bits per heavy atom. The van der Waals surface area contributed by atoms with Gasteiger partial charge in [0, 0.05) is 33.6 Å². The van der Waals surface area contributed by atoms with Gasteiger partial charge in [0.05, 0.1) is 11.7 Å². The predicted octanol–water partition coefficient (Wildman–Crippen LogP) is 9.88. The molecule has 5 aromatic carbocycles. The van der Waals surface area contributed by atoms with Crippen molar-refractivity contribution in [2.75, 3.05) is 0 Å². The van der Waals surface area contributed by atoms with Gasteiger partial charge in [0.25, 0.3) is 0 Å². The van der Waals surface area contributed by atoms with Crippen molar-refractivity contribution in [3.8, 4) is 35.4 Å². The van der Waals surface area contributed by atoms with Gasteiger partial charge in [0.2, 0.25) is 0 Å². The third kappa shape index (κ3) is 4.80. The van der Waals surface area contributed by atoms with E-state index in [1.54, 1.807) is 12.1 Å². The van der Waals surface area contributed by atoms with E-state index in [4.69, 9.17) is 8.75 Å². The number of rotatable bonds is 3. The van der Waals surface area contributed by atoms with Crippen LogP contribution in [-0.2, 0) is 5.41 Å².